The number of hydrogen-bond donors (Lipinski definition) is 0. The monoisotopic (exact) mass is 231 g/mol. The van der Waals surface area contributed by atoms with Gasteiger partial charge in [0.05, 0.1) is 18.4 Å². The van der Waals surface area contributed by atoms with Crippen LogP contribution in [0, 0.1) is 5.21 Å². The van der Waals surface area contributed by atoms with Crippen LogP contribution in [0.4, 0.5) is 0 Å². The lowest BCUT2D eigenvalue weighted by atomic mass is 10.4. The summed E-state index contributed by atoms with van der Waals surface area (Å²) in [6.45, 7) is 2.38. The summed E-state index contributed by atoms with van der Waals surface area (Å²) in [6, 6.07) is 0. The van der Waals surface area contributed by atoms with Crippen LogP contribution in [-0.2, 0) is 11.2 Å². The molecule has 0 aromatic rings. The summed E-state index contributed by atoms with van der Waals surface area (Å²) < 4.78 is 15.0. The van der Waals surface area contributed by atoms with Crippen LogP contribution in [0.25, 0.3) is 0 Å². The van der Waals surface area contributed by atoms with Crippen LogP contribution >= 0.6 is 0 Å². The van der Waals surface area contributed by atoms with Crippen LogP contribution in [0.15, 0.2) is 11.5 Å². The first kappa shape index (κ1) is 10.7. The first-order valence-corrected chi connectivity index (χ1v) is 5.80. The van der Waals surface area contributed by atoms with Crippen molar-refractivity contribution in [2.24, 2.45) is 0 Å². The van der Waals surface area contributed by atoms with E-state index in [-0.39, 0.29) is 6.17 Å². The molecule has 0 spiro atoms. The van der Waals surface area contributed by atoms with Crippen LogP contribution in [-0.4, -0.2) is 56.6 Å². The second-order valence-corrected chi connectivity index (χ2v) is 5.49. The molecule has 0 aromatic heterocycles. The van der Waals surface area contributed by atoms with E-state index in [1.165, 1.54) is 4.31 Å². The fourth-order valence-corrected chi connectivity index (χ4v) is 2.88. The summed E-state index contributed by atoms with van der Waals surface area (Å²) in [5.74, 6) is 0.529. The third-order valence-corrected chi connectivity index (χ3v) is 4.27. The van der Waals surface area contributed by atoms with E-state index < -0.39 is 11.2 Å². The van der Waals surface area contributed by atoms with Crippen molar-refractivity contribution in [1.82, 2.24) is 18.6 Å². The van der Waals surface area contributed by atoms with Gasteiger partial charge in [-0.3, -0.25) is 4.31 Å². The molecule has 2 atom stereocenters. The highest BCUT2D eigenvalue weighted by molar-refractivity contribution is 7.80. The molecule has 7 heteroatoms. The molecule has 0 aromatic carbocycles. The van der Waals surface area contributed by atoms with E-state index in [9.17, 15) is 9.42 Å². The van der Waals surface area contributed by atoms with Gasteiger partial charge < -0.3 is 15.2 Å². The lowest BCUT2D eigenvalue weighted by Gasteiger charge is -2.38. The zero-order chi connectivity index (χ0) is 11.3. The fourth-order valence-electron chi connectivity index (χ4n) is 1.90. The number of hydrogen-bond acceptors (Lipinski definition) is 4. The molecule has 2 unspecified atom stereocenters. The highest BCUT2D eigenvalue weighted by Gasteiger charge is 2.37. The topological polar surface area (TPSA) is 53.1 Å². The lowest BCUT2D eigenvalue weighted by Crippen LogP contribution is -2.42. The average molecular weight is 231 g/mol. The predicted octanol–water partition coefficient (Wildman–Crippen LogP) is -0.297. The van der Waals surface area contributed by atoms with Gasteiger partial charge in [-0.25, -0.2) is 8.51 Å². The van der Waals surface area contributed by atoms with Gasteiger partial charge in [-0.1, -0.05) is 0 Å². The molecule has 0 N–H and O–H groups in total. The van der Waals surface area contributed by atoms with Crippen LogP contribution < -0.4 is 0 Å². The number of nitrogens with zero attached hydrogens (tertiary/aromatic N) is 4. The van der Waals surface area contributed by atoms with Gasteiger partial charge in [-0.05, 0) is 6.92 Å². The Labute approximate surface area is 92.0 Å². The smallest absolute Gasteiger partial charge is 0.200 e. The van der Waals surface area contributed by atoms with E-state index in [1.807, 2.05) is 18.9 Å². The van der Waals surface area contributed by atoms with Crippen molar-refractivity contribution >= 4 is 11.2 Å². The molecule has 0 saturated heterocycles. The minimum Gasteiger partial charge on any atom is -0.756 e. The maximum atomic E-state index is 11.8. The highest BCUT2D eigenvalue weighted by Crippen LogP contribution is 2.33. The Kier molecular flexibility index (Phi) is 2.40. The first-order valence-electron chi connectivity index (χ1n) is 4.74. The molecule has 0 bridgehead atoms. The van der Waals surface area contributed by atoms with E-state index >= 15 is 0 Å². The van der Waals surface area contributed by atoms with E-state index in [4.69, 9.17) is 0 Å². The largest absolute Gasteiger partial charge is 0.756 e. The second kappa shape index (κ2) is 3.36. The molecular formula is C8H15N4O2S-. The van der Waals surface area contributed by atoms with E-state index in [0.717, 1.165) is 10.8 Å². The molecule has 6 nitrogen and oxygen atoms in total. The number of hydroxylamine groups is 2. The summed E-state index contributed by atoms with van der Waals surface area (Å²) in [4.78, 5) is 1.92. The van der Waals surface area contributed by atoms with Gasteiger partial charge in [-0.2, -0.15) is 0 Å². The summed E-state index contributed by atoms with van der Waals surface area (Å²) in [5, 5.41) is 12.8. The van der Waals surface area contributed by atoms with Crippen molar-refractivity contribution in [2.75, 3.05) is 27.7 Å². The summed E-state index contributed by atoms with van der Waals surface area (Å²) in [7, 11) is 5.34. The second-order valence-electron chi connectivity index (χ2n) is 3.85. The van der Waals surface area contributed by atoms with Crippen molar-refractivity contribution in [1.29, 1.82) is 0 Å². The summed E-state index contributed by atoms with van der Waals surface area (Å²) in [5.41, 5.74) is 0.933. The van der Waals surface area contributed by atoms with E-state index in [2.05, 4.69) is 0 Å². The Hall–Kier alpha value is -0.790. The zero-order valence-electron chi connectivity index (χ0n) is 9.30. The molecule has 2 rings (SSSR count). The van der Waals surface area contributed by atoms with Crippen LogP contribution in [0.5, 0.6) is 0 Å². The third-order valence-electron chi connectivity index (χ3n) is 2.96. The number of likely N-dealkylation sites (N-methyl/N-ethyl adjacent to an activating group) is 2. The Morgan fingerprint density at radius 1 is 1.40 bits per heavy atom. The Morgan fingerprint density at radius 2 is 2.00 bits per heavy atom. The van der Waals surface area contributed by atoms with Crippen molar-refractivity contribution < 1.29 is 4.21 Å². The fraction of sp³-hybridized carbons (Fsp3) is 0.750. The molecule has 2 aliphatic rings. The Balaban J connectivity index is 2.42. The van der Waals surface area contributed by atoms with Gasteiger partial charge in [0.1, 0.15) is 5.82 Å². The molecule has 0 aliphatic carbocycles. The average Bonchev–Trinajstić information content (AvgIpc) is 2.40. The SMILES string of the molecule is CC1N(C)C2=C(N1[O-])N(C)S(=O)N(C)C2. The standard InChI is InChI=1S/C8H15N4O2S/c1-6-10(3)7-5-9(2)15(14)11(4)8(7)12(6)13/h6H,5H2,1-4H3/q-1. The molecule has 0 radical (unpaired) electrons. The van der Waals surface area contributed by atoms with E-state index in [1.54, 1.807) is 18.4 Å². The molecule has 15 heavy (non-hydrogen) atoms. The van der Waals surface area contributed by atoms with Gasteiger partial charge in [-0.15, -0.1) is 0 Å². The quantitative estimate of drug-likeness (QED) is 0.574. The third kappa shape index (κ3) is 1.34. The Bertz CT molecular complexity index is 346. The van der Waals surface area contributed by atoms with E-state index in [0.29, 0.717) is 12.4 Å². The minimum atomic E-state index is -1.25. The highest BCUT2D eigenvalue weighted by atomic mass is 32.2. The maximum absolute atomic E-state index is 11.8. The zero-order valence-corrected chi connectivity index (χ0v) is 10.1. The molecule has 2 heterocycles. The molecule has 0 fully saturated rings. The van der Waals surface area contributed by atoms with Gasteiger partial charge in [0.2, 0.25) is 0 Å². The van der Waals surface area contributed by atoms with Crippen LogP contribution in [0.2, 0.25) is 0 Å². The summed E-state index contributed by atoms with van der Waals surface area (Å²) >= 11 is -1.25. The Morgan fingerprint density at radius 3 is 2.60 bits per heavy atom. The van der Waals surface area contributed by atoms with Gasteiger partial charge in [0.15, 0.2) is 11.2 Å². The van der Waals surface area contributed by atoms with Crippen molar-refractivity contribution in [3.63, 3.8) is 0 Å². The molecular weight excluding hydrogens is 216 g/mol. The first-order chi connectivity index (χ1) is 6.95. The van der Waals surface area contributed by atoms with Crippen molar-refractivity contribution in [2.45, 2.75) is 13.1 Å². The van der Waals surface area contributed by atoms with Gasteiger partial charge >= 0.3 is 0 Å². The number of rotatable bonds is 0. The predicted molar refractivity (Wildman–Crippen MR) is 58.0 cm³/mol. The van der Waals surface area contributed by atoms with Gasteiger partial charge in [0, 0.05) is 21.1 Å². The van der Waals surface area contributed by atoms with Crippen LogP contribution in [0.1, 0.15) is 6.92 Å². The molecule has 2 aliphatic heterocycles. The minimum absolute atomic E-state index is 0.221. The summed E-state index contributed by atoms with van der Waals surface area (Å²) in [6.07, 6.45) is -0.221. The van der Waals surface area contributed by atoms with Crippen molar-refractivity contribution in [3.8, 4) is 0 Å². The molecule has 0 saturated carbocycles. The van der Waals surface area contributed by atoms with Gasteiger partial charge in [0.25, 0.3) is 0 Å². The maximum Gasteiger partial charge on any atom is 0.200 e. The normalized spacial score (nSPS) is 32.7. The molecule has 86 valence electrons. The molecule has 0 amide bonds. The van der Waals surface area contributed by atoms with Crippen LogP contribution in [0.3, 0.4) is 0 Å². The lowest BCUT2D eigenvalue weighted by molar-refractivity contribution is 0.217. The van der Waals surface area contributed by atoms with Crippen molar-refractivity contribution in [3.05, 3.63) is 16.7 Å².